The van der Waals surface area contributed by atoms with E-state index >= 15 is 0 Å². The first kappa shape index (κ1) is 18.2. The van der Waals surface area contributed by atoms with Crippen LogP contribution in [0.3, 0.4) is 0 Å². The van der Waals surface area contributed by atoms with Gasteiger partial charge in [0.05, 0.1) is 13.2 Å². The van der Waals surface area contributed by atoms with Crippen molar-refractivity contribution >= 4 is 0 Å². The second kappa shape index (κ2) is 8.62. The van der Waals surface area contributed by atoms with Crippen LogP contribution in [-0.2, 0) is 6.54 Å². The summed E-state index contributed by atoms with van der Waals surface area (Å²) in [5, 5.41) is 9.46. The fraction of sp³-hybridized carbons (Fsp3) is 0.667. The maximum Gasteiger partial charge on any atom is 0.123 e. The van der Waals surface area contributed by atoms with Crippen LogP contribution in [0.5, 0.6) is 5.75 Å². The van der Waals surface area contributed by atoms with E-state index in [1.54, 1.807) is 19.2 Å². The Bertz CT molecular complexity index is 488. The molecule has 1 aliphatic heterocycles. The van der Waals surface area contributed by atoms with Crippen LogP contribution >= 0.6 is 0 Å². The molecule has 1 atom stereocenters. The molecule has 0 aliphatic carbocycles. The Balaban J connectivity index is 1.82. The first-order valence-electron chi connectivity index (χ1n) is 8.39. The molecule has 0 spiro atoms. The van der Waals surface area contributed by atoms with Gasteiger partial charge in [-0.3, -0.25) is 0 Å². The van der Waals surface area contributed by atoms with Crippen LogP contribution in [0, 0.1) is 11.7 Å². The van der Waals surface area contributed by atoms with Gasteiger partial charge in [0, 0.05) is 25.2 Å². The molecule has 0 bridgehead atoms. The quantitative estimate of drug-likeness (QED) is 0.835. The van der Waals surface area contributed by atoms with Crippen molar-refractivity contribution in [3.05, 3.63) is 29.6 Å². The van der Waals surface area contributed by atoms with E-state index in [4.69, 9.17) is 4.74 Å². The van der Waals surface area contributed by atoms with Gasteiger partial charge in [-0.25, -0.2) is 4.39 Å². The van der Waals surface area contributed by atoms with Crippen molar-refractivity contribution in [2.75, 3.05) is 40.3 Å². The Morgan fingerprint density at radius 3 is 2.70 bits per heavy atom. The van der Waals surface area contributed by atoms with Gasteiger partial charge in [0.2, 0.25) is 0 Å². The molecule has 1 saturated heterocycles. The largest absolute Gasteiger partial charge is 0.496 e. The number of hydrogen-bond acceptors (Lipinski definition) is 4. The Kier molecular flexibility index (Phi) is 6.81. The smallest absolute Gasteiger partial charge is 0.123 e. The summed E-state index contributed by atoms with van der Waals surface area (Å²) in [6.45, 7) is 6.39. The molecule has 0 radical (unpaired) electrons. The van der Waals surface area contributed by atoms with E-state index in [9.17, 15) is 9.50 Å². The summed E-state index contributed by atoms with van der Waals surface area (Å²) in [5.41, 5.74) is 0.890. The molecule has 2 rings (SSSR count). The second-order valence-corrected chi connectivity index (χ2v) is 6.75. The molecule has 1 heterocycles. The summed E-state index contributed by atoms with van der Waals surface area (Å²) in [6.07, 6.45) is 2.05. The van der Waals surface area contributed by atoms with Gasteiger partial charge >= 0.3 is 0 Å². The number of aliphatic hydroxyl groups is 1. The number of hydrogen-bond donors (Lipinski definition) is 1. The van der Waals surface area contributed by atoms with Crippen molar-refractivity contribution in [2.24, 2.45) is 5.92 Å². The first-order valence-corrected chi connectivity index (χ1v) is 8.39. The Hall–Kier alpha value is -1.17. The molecule has 1 aromatic carbocycles. The van der Waals surface area contributed by atoms with Crippen molar-refractivity contribution in [3.8, 4) is 5.75 Å². The number of methoxy groups -OCH3 is 1. The number of ether oxygens (including phenoxy) is 1. The summed E-state index contributed by atoms with van der Waals surface area (Å²) in [4.78, 5) is 4.57. The third kappa shape index (κ3) is 5.75. The molecule has 0 unspecified atom stereocenters. The van der Waals surface area contributed by atoms with Gasteiger partial charge in [0.25, 0.3) is 0 Å². The fourth-order valence-electron chi connectivity index (χ4n) is 3.39. The van der Waals surface area contributed by atoms with Crippen molar-refractivity contribution in [1.82, 2.24) is 9.80 Å². The average molecular weight is 324 g/mol. The molecular formula is C18H29FN2O2. The van der Waals surface area contributed by atoms with Crippen molar-refractivity contribution in [2.45, 2.75) is 32.4 Å². The highest BCUT2D eigenvalue weighted by Crippen LogP contribution is 2.23. The van der Waals surface area contributed by atoms with Crippen LogP contribution in [-0.4, -0.2) is 61.3 Å². The predicted molar refractivity (Wildman–Crippen MR) is 90.1 cm³/mol. The lowest BCUT2D eigenvalue weighted by Crippen LogP contribution is -2.40. The number of likely N-dealkylation sites (tertiary alicyclic amines) is 1. The van der Waals surface area contributed by atoms with Gasteiger partial charge in [0.1, 0.15) is 11.6 Å². The van der Waals surface area contributed by atoms with Gasteiger partial charge in [0.15, 0.2) is 0 Å². The summed E-state index contributed by atoms with van der Waals surface area (Å²) in [7, 11) is 3.70. The van der Waals surface area contributed by atoms with E-state index in [-0.39, 0.29) is 11.9 Å². The maximum absolute atomic E-state index is 13.4. The van der Waals surface area contributed by atoms with Crippen molar-refractivity contribution < 1.29 is 14.2 Å². The van der Waals surface area contributed by atoms with Crippen molar-refractivity contribution in [3.63, 3.8) is 0 Å². The number of nitrogens with zero attached hydrogens (tertiary/aromatic N) is 2. The van der Waals surface area contributed by atoms with Gasteiger partial charge in [-0.05, 0) is 64.0 Å². The van der Waals surface area contributed by atoms with E-state index in [1.807, 2.05) is 6.92 Å². The molecule has 1 N–H and O–H groups in total. The molecule has 1 fully saturated rings. The third-order valence-corrected chi connectivity index (χ3v) is 4.48. The highest BCUT2D eigenvalue weighted by molar-refractivity contribution is 5.33. The predicted octanol–water partition coefficient (Wildman–Crippen LogP) is 2.36. The minimum atomic E-state index is -0.255. The number of benzene rings is 1. The number of aliphatic hydroxyl groups excluding tert-OH is 1. The number of rotatable bonds is 7. The monoisotopic (exact) mass is 324 g/mol. The normalized spacial score (nSPS) is 18.3. The van der Waals surface area contributed by atoms with Crippen LogP contribution in [0.25, 0.3) is 0 Å². The summed E-state index contributed by atoms with van der Waals surface area (Å²) in [6, 6.07) is 4.67. The molecule has 130 valence electrons. The minimum absolute atomic E-state index is 0.222. The zero-order valence-electron chi connectivity index (χ0n) is 14.5. The van der Waals surface area contributed by atoms with E-state index in [1.165, 1.54) is 6.07 Å². The van der Waals surface area contributed by atoms with E-state index in [0.29, 0.717) is 12.5 Å². The molecule has 0 amide bonds. The molecule has 5 heteroatoms. The lowest BCUT2D eigenvalue weighted by atomic mass is 9.96. The van der Waals surface area contributed by atoms with Gasteiger partial charge in [-0.2, -0.15) is 0 Å². The number of piperidine rings is 1. The van der Waals surface area contributed by atoms with Crippen LogP contribution < -0.4 is 4.74 Å². The summed E-state index contributed by atoms with van der Waals surface area (Å²) >= 11 is 0. The van der Waals surface area contributed by atoms with Gasteiger partial charge in [-0.15, -0.1) is 0 Å². The molecule has 1 aromatic rings. The highest BCUT2D eigenvalue weighted by atomic mass is 19.1. The van der Waals surface area contributed by atoms with Gasteiger partial charge in [-0.1, -0.05) is 0 Å². The lowest BCUT2D eigenvalue weighted by molar-refractivity contribution is 0.0918. The van der Waals surface area contributed by atoms with E-state index in [2.05, 4.69) is 16.8 Å². The molecular weight excluding hydrogens is 295 g/mol. The summed E-state index contributed by atoms with van der Waals surface area (Å²) in [5.74, 6) is 1.18. The zero-order valence-corrected chi connectivity index (χ0v) is 14.5. The van der Waals surface area contributed by atoms with Crippen LogP contribution in [0.1, 0.15) is 25.3 Å². The second-order valence-electron chi connectivity index (χ2n) is 6.75. The molecule has 0 saturated carbocycles. The Labute approximate surface area is 138 Å². The third-order valence-electron chi connectivity index (χ3n) is 4.48. The molecule has 1 aliphatic rings. The molecule has 0 aromatic heterocycles. The SMILES string of the molecule is COc1ccc(F)cc1CN(C)CC1CCN(C[C@@H](C)O)CC1. The number of halogens is 1. The summed E-state index contributed by atoms with van der Waals surface area (Å²) < 4.78 is 18.8. The maximum atomic E-state index is 13.4. The topological polar surface area (TPSA) is 35.9 Å². The first-order chi connectivity index (χ1) is 11.0. The fourth-order valence-corrected chi connectivity index (χ4v) is 3.39. The van der Waals surface area contributed by atoms with Gasteiger partial charge < -0.3 is 19.6 Å². The van der Waals surface area contributed by atoms with Crippen molar-refractivity contribution in [1.29, 1.82) is 0 Å². The molecule has 23 heavy (non-hydrogen) atoms. The Morgan fingerprint density at radius 2 is 2.09 bits per heavy atom. The van der Waals surface area contributed by atoms with Crippen LogP contribution in [0.15, 0.2) is 18.2 Å². The van der Waals surface area contributed by atoms with Crippen LogP contribution in [0.4, 0.5) is 4.39 Å². The van der Waals surface area contributed by atoms with Crippen LogP contribution in [0.2, 0.25) is 0 Å². The standard InChI is InChI=1S/C18H29FN2O2/c1-14(22)11-21-8-6-15(7-9-21)12-20(2)13-16-10-17(19)4-5-18(16)23-3/h4-5,10,14-15,22H,6-9,11-13H2,1-3H3/t14-/m1/s1. The zero-order chi connectivity index (χ0) is 16.8. The minimum Gasteiger partial charge on any atom is -0.496 e. The van der Waals surface area contributed by atoms with E-state index in [0.717, 1.165) is 50.3 Å². The lowest BCUT2D eigenvalue weighted by Gasteiger charge is -2.34. The average Bonchev–Trinajstić information content (AvgIpc) is 2.49. The molecule has 4 nitrogen and oxygen atoms in total. The highest BCUT2D eigenvalue weighted by Gasteiger charge is 2.21. The Morgan fingerprint density at radius 1 is 1.39 bits per heavy atom. The van der Waals surface area contributed by atoms with E-state index < -0.39 is 0 Å². The number of β-amino-alcohol motifs (C(OH)–C–C–N with tert-alkyl or cyclic N) is 1.